The maximum atomic E-state index is 8.52. The zero-order valence-electron chi connectivity index (χ0n) is 6.85. The van der Waals surface area contributed by atoms with E-state index in [1.807, 2.05) is 30.3 Å². The molecule has 3 N–H and O–H groups in total. The van der Waals surface area contributed by atoms with Gasteiger partial charge in [-0.05, 0) is 5.56 Å². The van der Waals surface area contributed by atoms with Gasteiger partial charge in [0.1, 0.15) is 0 Å². The van der Waals surface area contributed by atoms with Gasteiger partial charge in [0, 0.05) is 6.04 Å². The average Bonchev–Trinajstić information content (AvgIpc) is 2.15. The van der Waals surface area contributed by atoms with E-state index in [1.165, 1.54) is 0 Å². The van der Waals surface area contributed by atoms with E-state index in [9.17, 15) is 0 Å². The fourth-order valence-electron chi connectivity index (χ4n) is 0.994. The summed E-state index contributed by atoms with van der Waals surface area (Å²) in [6, 6.07) is 9.66. The van der Waals surface area contributed by atoms with Crippen molar-refractivity contribution in [2.75, 3.05) is 6.61 Å². The lowest BCUT2D eigenvalue weighted by Crippen LogP contribution is -2.06. The smallest absolute Gasteiger partial charge is 0.0613 e. The van der Waals surface area contributed by atoms with Gasteiger partial charge in [0.25, 0.3) is 0 Å². The van der Waals surface area contributed by atoms with Crippen LogP contribution in [0, 0.1) is 0 Å². The average molecular weight is 163 g/mol. The second kappa shape index (κ2) is 4.70. The monoisotopic (exact) mass is 163 g/mol. The van der Waals surface area contributed by atoms with Gasteiger partial charge in [-0.3, -0.25) is 0 Å². The molecule has 0 aliphatic heterocycles. The Morgan fingerprint density at radius 1 is 1.33 bits per heavy atom. The fraction of sp³-hybridized carbons (Fsp3) is 0.200. The van der Waals surface area contributed by atoms with Crippen LogP contribution in [0.25, 0.3) is 0 Å². The normalized spacial score (nSPS) is 13.5. The molecular formula is C10H13NO. The number of hydrogen-bond acceptors (Lipinski definition) is 2. The summed E-state index contributed by atoms with van der Waals surface area (Å²) in [7, 11) is 0. The van der Waals surface area contributed by atoms with Gasteiger partial charge in [-0.2, -0.15) is 0 Å². The number of nitrogens with two attached hydrogens (primary N) is 1. The molecule has 1 rings (SSSR count). The minimum atomic E-state index is -0.113. The molecule has 0 saturated heterocycles. The number of aliphatic hydroxyl groups is 1. The van der Waals surface area contributed by atoms with E-state index in [0.717, 1.165) is 5.56 Å². The molecular weight excluding hydrogens is 150 g/mol. The van der Waals surface area contributed by atoms with Crippen LogP contribution in [0.15, 0.2) is 42.5 Å². The van der Waals surface area contributed by atoms with E-state index >= 15 is 0 Å². The number of hydrogen-bond donors (Lipinski definition) is 2. The summed E-state index contributed by atoms with van der Waals surface area (Å²) < 4.78 is 0. The van der Waals surface area contributed by atoms with Crippen molar-refractivity contribution in [2.24, 2.45) is 5.73 Å². The molecule has 0 bridgehead atoms. The third-order valence-corrected chi connectivity index (χ3v) is 1.63. The van der Waals surface area contributed by atoms with E-state index in [0.29, 0.717) is 0 Å². The summed E-state index contributed by atoms with van der Waals surface area (Å²) in [4.78, 5) is 0. The van der Waals surface area contributed by atoms with Crippen LogP contribution in [-0.2, 0) is 0 Å². The molecule has 0 heterocycles. The van der Waals surface area contributed by atoms with Crippen molar-refractivity contribution >= 4 is 0 Å². The third-order valence-electron chi connectivity index (χ3n) is 1.63. The van der Waals surface area contributed by atoms with Gasteiger partial charge in [0.05, 0.1) is 6.61 Å². The lowest BCUT2D eigenvalue weighted by molar-refractivity contribution is 0.342. The highest BCUT2D eigenvalue weighted by molar-refractivity contribution is 5.22. The standard InChI is InChI=1S/C10H13NO/c11-10(7-4-8-12)9-5-2-1-3-6-9/h1-7,10,12H,8,11H2. The highest BCUT2D eigenvalue weighted by atomic mass is 16.2. The molecule has 0 spiro atoms. The van der Waals surface area contributed by atoms with Crippen molar-refractivity contribution in [3.8, 4) is 0 Å². The van der Waals surface area contributed by atoms with Crippen molar-refractivity contribution in [2.45, 2.75) is 6.04 Å². The maximum absolute atomic E-state index is 8.52. The molecule has 1 aromatic carbocycles. The Bertz CT molecular complexity index is 243. The Labute approximate surface area is 72.3 Å². The van der Waals surface area contributed by atoms with Gasteiger partial charge in [-0.25, -0.2) is 0 Å². The first-order valence-corrected chi connectivity index (χ1v) is 3.92. The maximum Gasteiger partial charge on any atom is 0.0613 e. The molecule has 0 fully saturated rings. The zero-order chi connectivity index (χ0) is 8.81. The van der Waals surface area contributed by atoms with Crippen molar-refractivity contribution in [1.29, 1.82) is 0 Å². The lowest BCUT2D eigenvalue weighted by atomic mass is 10.1. The van der Waals surface area contributed by atoms with Crippen LogP contribution in [0.4, 0.5) is 0 Å². The first kappa shape index (κ1) is 8.97. The van der Waals surface area contributed by atoms with Crippen LogP contribution >= 0.6 is 0 Å². The summed E-state index contributed by atoms with van der Waals surface area (Å²) in [5, 5.41) is 8.52. The highest BCUT2D eigenvalue weighted by Crippen LogP contribution is 2.09. The van der Waals surface area contributed by atoms with E-state index in [1.54, 1.807) is 12.2 Å². The van der Waals surface area contributed by atoms with Gasteiger partial charge >= 0.3 is 0 Å². The summed E-state index contributed by atoms with van der Waals surface area (Å²) >= 11 is 0. The Kier molecular flexibility index (Phi) is 3.51. The van der Waals surface area contributed by atoms with Crippen molar-refractivity contribution in [3.05, 3.63) is 48.0 Å². The first-order valence-electron chi connectivity index (χ1n) is 3.92. The zero-order valence-corrected chi connectivity index (χ0v) is 6.85. The van der Waals surface area contributed by atoms with Crippen LogP contribution in [0.5, 0.6) is 0 Å². The lowest BCUT2D eigenvalue weighted by Gasteiger charge is -2.05. The minimum Gasteiger partial charge on any atom is -0.392 e. The SMILES string of the molecule is NC(C=CCO)c1ccccc1. The summed E-state index contributed by atoms with van der Waals surface area (Å²) in [5.74, 6) is 0. The Morgan fingerprint density at radius 3 is 2.58 bits per heavy atom. The summed E-state index contributed by atoms with van der Waals surface area (Å²) in [6.07, 6.45) is 3.44. The van der Waals surface area contributed by atoms with Crippen LogP contribution in [0.2, 0.25) is 0 Å². The van der Waals surface area contributed by atoms with Crippen LogP contribution < -0.4 is 5.73 Å². The molecule has 1 aromatic rings. The van der Waals surface area contributed by atoms with Crippen LogP contribution in [0.3, 0.4) is 0 Å². The van der Waals surface area contributed by atoms with Crippen molar-refractivity contribution in [1.82, 2.24) is 0 Å². The number of benzene rings is 1. The Morgan fingerprint density at radius 2 is 2.00 bits per heavy atom. The van der Waals surface area contributed by atoms with E-state index < -0.39 is 0 Å². The predicted molar refractivity (Wildman–Crippen MR) is 49.6 cm³/mol. The number of aliphatic hydroxyl groups excluding tert-OH is 1. The first-order chi connectivity index (χ1) is 5.84. The third kappa shape index (κ3) is 2.49. The topological polar surface area (TPSA) is 46.2 Å². The molecule has 0 radical (unpaired) electrons. The molecule has 0 saturated carbocycles. The summed E-state index contributed by atoms with van der Waals surface area (Å²) in [6.45, 7) is 0.0422. The quantitative estimate of drug-likeness (QED) is 0.658. The number of rotatable bonds is 3. The minimum absolute atomic E-state index is 0.0422. The molecule has 12 heavy (non-hydrogen) atoms. The predicted octanol–water partition coefficient (Wildman–Crippen LogP) is 1.23. The van der Waals surface area contributed by atoms with Crippen LogP contribution in [-0.4, -0.2) is 11.7 Å². The van der Waals surface area contributed by atoms with Gasteiger partial charge in [-0.15, -0.1) is 0 Å². The largest absolute Gasteiger partial charge is 0.392 e. The fourth-order valence-corrected chi connectivity index (χ4v) is 0.994. The van der Waals surface area contributed by atoms with Crippen molar-refractivity contribution < 1.29 is 5.11 Å². The molecule has 0 aromatic heterocycles. The Hall–Kier alpha value is -1.12. The van der Waals surface area contributed by atoms with E-state index in [-0.39, 0.29) is 12.6 Å². The molecule has 2 heteroatoms. The second-order valence-electron chi connectivity index (χ2n) is 2.55. The molecule has 0 aliphatic carbocycles. The molecule has 2 nitrogen and oxygen atoms in total. The van der Waals surface area contributed by atoms with Gasteiger partial charge in [0.2, 0.25) is 0 Å². The van der Waals surface area contributed by atoms with E-state index in [4.69, 9.17) is 10.8 Å². The summed E-state index contributed by atoms with van der Waals surface area (Å²) in [5.41, 5.74) is 6.84. The van der Waals surface area contributed by atoms with Crippen LogP contribution in [0.1, 0.15) is 11.6 Å². The molecule has 0 aliphatic rings. The highest BCUT2D eigenvalue weighted by Gasteiger charge is 1.97. The van der Waals surface area contributed by atoms with Gasteiger partial charge < -0.3 is 10.8 Å². The molecule has 64 valence electrons. The van der Waals surface area contributed by atoms with E-state index in [2.05, 4.69) is 0 Å². The second-order valence-corrected chi connectivity index (χ2v) is 2.55. The van der Waals surface area contributed by atoms with Gasteiger partial charge in [-0.1, -0.05) is 42.5 Å². The van der Waals surface area contributed by atoms with Crippen molar-refractivity contribution in [3.63, 3.8) is 0 Å². The molecule has 1 unspecified atom stereocenters. The Balaban J connectivity index is 2.65. The molecule has 0 amide bonds. The van der Waals surface area contributed by atoms with Gasteiger partial charge in [0.15, 0.2) is 0 Å². The molecule has 1 atom stereocenters.